The van der Waals surface area contributed by atoms with Crippen LogP contribution in [0, 0.1) is 0 Å². The van der Waals surface area contributed by atoms with Gasteiger partial charge in [0, 0.05) is 28.6 Å². The van der Waals surface area contributed by atoms with Gasteiger partial charge in [0.1, 0.15) is 0 Å². The first-order valence-corrected chi connectivity index (χ1v) is 8.70. The van der Waals surface area contributed by atoms with Crippen molar-refractivity contribution in [2.24, 2.45) is 0 Å². The van der Waals surface area contributed by atoms with Gasteiger partial charge >= 0.3 is 0 Å². The summed E-state index contributed by atoms with van der Waals surface area (Å²) in [5.41, 5.74) is 2.79. The van der Waals surface area contributed by atoms with Crippen LogP contribution in [0.5, 0.6) is 0 Å². The highest BCUT2D eigenvalue weighted by Crippen LogP contribution is 2.37. The van der Waals surface area contributed by atoms with Gasteiger partial charge in [-0.3, -0.25) is 9.59 Å². The first-order chi connectivity index (χ1) is 12.2. The maximum atomic E-state index is 13.2. The Kier molecular flexibility index (Phi) is 3.85. The van der Waals surface area contributed by atoms with Crippen molar-refractivity contribution in [1.82, 2.24) is 0 Å². The summed E-state index contributed by atoms with van der Waals surface area (Å²) in [6.07, 6.45) is 2.08. The number of nitrogens with one attached hydrogen (secondary N) is 1. The van der Waals surface area contributed by atoms with E-state index in [1.54, 1.807) is 24.3 Å². The largest absolute Gasteiger partial charge is 0.384 e. The van der Waals surface area contributed by atoms with Crippen LogP contribution >= 0.6 is 0 Å². The van der Waals surface area contributed by atoms with Crippen LogP contribution < -0.4 is 5.32 Å². The van der Waals surface area contributed by atoms with Crippen LogP contribution in [-0.4, -0.2) is 18.1 Å². The Balaban J connectivity index is 1.99. The minimum atomic E-state index is -0.0745. The maximum Gasteiger partial charge on any atom is 0.196 e. The molecule has 0 unspecified atom stereocenters. The Hall–Kier alpha value is -2.94. The highest BCUT2D eigenvalue weighted by atomic mass is 16.1. The van der Waals surface area contributed by atoms with Crippen LogP contribution in [0.2, 0.25) is 0 Å². The van der Waals surface area contributed by atoms with Crippen LogP contribution in [0.4, 0.5) is 5.69 Å². The smallest absolute Gasteiger partial charge is 0.196 e. The highest BCUT2D eigenvalue weighted by Gasteiger charge is 2.32. The highest BCUT2D eigenvalue weighted by molar-refractivity contribution is 6.32. The topological polar surface area (TPSA) is 46.2 Å². The molecule has 3 aromatic carbocycles. The molecule has 0 amide bonds. The number of ketones is 2. The first kappa shape index (κ1) is 15.6. The molecule has 3 aromatic rings. The Labute approximate surface area is 146 Å². The summed E-state index contributed by atoms with van der Waals surface area (Å²) in [4.78, 5) is 26.2. The number of anilines is 1. The van der Waals surface area contributed by atoms with Crippen LogP contribution in [0.25, 0.3) is 10.8 Å². The second kappa shape index (κ2) is 6.17. The Morgan fingerprint density at radius 1 is 0.840 bits per heavy atom. The number of hydrogen-bond donors (Lipinski definition) is 1. The van der Waals surface area contributed by atoms with Crippen LogP contribution in [-0.2, 0) is 0 Å². The van der Waals surface area contributed by atoms with Gasteiger partial charge in [-0.15, -0.1) is 0 Å². The number of rotatable bonds is 4. The molecule has 3 nitrogen and oxygen atoms in total. The molecule has 3 heteroatoms. The van der Waals surface area contributed by atoms with Gasteiger partial charge in [-0.2, -0.15) is 0 Å². The molecule has 1 aliphatic rings. The predicted octanol–water partition coefficient (Wildman–Crippen LogP) is 4.83. The molecule has 0 aromatic heterocycles. The minimum absolute atomic E-state index is 0.0741. The van der Waals surface area contributed by atoms with Crippen molar-refractivity contribution in [3.63, 3.8) is 0 Å². The molecular weight excluding hydrogens is 310 g/mol. The Morgan fingerprint density at radius 3 is 2.28 bits per heavy atom. The summed E-state index contributed by atoms with van der Waals surface area (Å²) >= 11 is 0. The molecule has 0 saturated carbocycles. The fourth-order valence-electron chi connectivity index (χ4n) is 3.50. The van der Waals surface area contributed by atoms with E-state index in [2.05, 4.69) is 12.2 Å². The van der Waals surface area contributed by atoms with E-state index in [-0.39, 0.29) is 11.6 Å². The van der Waals surface area contributed by atoms with Crippen molar-refractivity contribution in [1.29, 1.82) is 0 Å². The summed E-state index contributed by atoms with van der Waals surface area (Å²) < 4.78 is 0. The summed E-state index contributed by atoms with van der Waals surface area (Å²) in [6, 6.07) is 16.8. The lowest BCUT2D eigenvalue weighted by molar-refractivity contribution is 0.0980. The van der Waals surface area contributed by atoms with Crippen LogP contribution in [0.3, 0.4) is 0 Å². The number of unbranched alkanes of at least 4 members (excludes halogenated alkanes) is 1. The van der Waals surface area contributed by atoms with E-state index < -0.39 is 0 Å². The van der Waals surface area contributed by atoms with Gasteiger partial charge in [0.15, 0.2) is 11.6 Å². The number of fused-ring (bicyclic) bond motifs is 3. The predicted molar refractivity (Wildman–Crippen MR) is 101 cm³/mol. The Morgan fingerprint density at radius 2 is 1.52 bits per heavy atom. The van der Waals surface area contributed by atoms with Gasteiger partial charge in [0.05, 0.1) is 11.3 Å². The zero-order valence-electron chi connectivity index (χ0n) is 14.1. The van der Waals surface area contributed by atoms with Crippen molar-refractivity contribution in [2.45, 2.75) is 19.8 Å². The van der Waals surface area contributed by atoms with Crippen molar-refractivity contribution in [3.8, 4) is 0 Å². The molecule has 124 valence electrons. The molecule has 0 spiro atoms. The molecule has 0 saturated heterocycles. The SMILES string of the molecule is CCCCNc1c2c(cc3ccccc13)C(=O)c1ccccc1C2=O. The van der Waals surface area contributed by atoms with Crippen molar-refractivity contribution in [3.05, 3.63) is 76.9 Å². The second-order valence-electron chi connectivity index (χ2n) is 6.38. The summed E-state index contributed by atoms with van der Waals surface area (Å²) in [6.45, 7) is 2.91. The first-order valence-electron chi connectivity index (χ1n) is 8.70. The zero-order valence-corrected chi connectivity index (χ0v) is 14.1. The standard InChI is InChI=1S/C22H19NO2/c1-2-3-12-23-20-15-9-5-4-8-14(15)13-18-19(20)22(25)17-11-7-6-10-16(17)21(18)24/h4-11,13,23H,2-3,12H2,1H3. The average Bonchev–Trinajstić information content (AvgIpc) is 2.65. The quantitative estimate of drug-likeness (QED) is 0.546. The van der Waals surface area contributed by atoms with E-state index in [4.69, 9.17) is 0 Å². The van der Waals surface area contributed by atoms with E-state index in [1.165, 1.54) is 0 Å². The summed E-state index contributed by atoms with van der Waals surface area (Å²) in [5.74, 6) is -0.149. The summed E-state index contributed by atoms with van der Waals surface area (Å²) in [5, 5.41) is 5.38. The summed E-state index contributed by atoms with van der Waals surface area (Å²) in [7, 11) is 0. The average molecular weight is 329 g/mol. The van der Waals surface area contributed by atoms with Crippen molar-refractivity contribution in [2.75, 3.05) is 11.9 Å². The van der Waals surface area contributed by atoms with Gasteiger partial charge in [0.25, 0.3) is 0 Å². The van der Waals surface area contributed by atoms with Crippen molar-refractivity contribution < 1.29 is 9.59 Å². The second-order valence-corrected chi connectivity index (χ2v) is 6.38. The number of carbonyl (C=O) groups is 2. The molecule has 0 atom stereocenters. The lowest BCUT2D eigenvalue weighted by atomic mass is 9.81. The van der Waals surface area contributed by atoms with E-state index >= 15 is 0 Å². The third kappa shape index (κ3) is 2.43. The van der Waals surface area contributed by atoms with Crippen LogP contribution in [0.15, 0.2) is 54.6 Å². The molecule has 0 radical (unpaired) electrons. The maximum absolute atomic E-state index is 13.2. The minimum Gasteiger partial charge on any atom is -0.384 e. The van der Waals surface area contributed by atoms with E-state index in [1.807, 2.05) is 30.3 Å². The van der Waals surface area contributed by atoms with Gasteiger partial charge < -0.3 is 5.32 Å². The van der Waals surface area contributed by atoms with E-state index in [9.17, 15) is 9.59 Å². The molecule has 0 aliphatic heterocycles. The molecule has 0 fully saturated rings. The number of hydrogen-bond acceptors (Lipinski definition) is 3. The molecule has 1 N–H and O–H groups in total. The molecule has 0 bridgehead atoms. The fourth-order valence-corrected chi connectivity index (χ4v) is 3.50. The third-order valence-electron chi connectivity index (χ3n) is 4.77. The number of carbonyl (C=O) groups excluding carboxylic acids is 2. The Bertz CT molecular complexity index is 1000. The van der Waals surface area contributed by atoms with Crippen molar-refractivity contribution >= 4 is 28.0 Å². The van der Waals surface area contributed by atoms with Gasteiger partial charge in [-0.25, -0.2) is 0 Å². The molecule has 25 heavy (non-hydrogen) atoms. The van der Waals surface area contributed by atoms with E-state index in [0.717, 1.165) is 35.8 Å². The lowest BCUT2D eigenvalue weighted by Gasteiger charge is -2.22. The number of benzene rings is 3. The zero-order chi connectivity index (χ0) is 17.4. The van der Waals surface area contributed by atoms with Gasteiger partial charge in [-0.05, 0) is 17.9 Å². The van der Waals surface area contributed by atoms with E-state index in [0.29, 0.717) is 22.3 Å². The normalized spacial score (nSPS) is 12.8. The molecule has 0 heterocycles. The third-order valence-corrected chi connectivity index (χ3v) is 4.77. The fraction of sp³-hybridized carbons (Fsp3) is 0.182. The molecule has 4 rings (SSSR count). The van der Waals surface area contributed by atoms with Gasteiger partial charge in [0.2, 0.25) is 0 Å². The molecule has 1 aliphatic carbocycles. The molecular formula is C22H19NO2. The monoisotopic (exact) mass is 329 g/mol. The van der Waals surface area contributed by atoms with Gasteiger partial charge in [-0.1, -0.05) is 61.9 Å². The lowest BCUT2D eigenvalue weighted by Crippen LogP contribution is -2.23. The van der Waals surface area contributed by atoms with Crippen LogP contribution in [0.1, 0.15) is 51.6 Å².